The van der Waals surface area contributed by atoms with E-state index in [1.54, 1.807) is 37.9 Å². The molecule has 1 amide bonds. The fraction of sp³-hybridized carbons (Fsp3) is 0.0714. The van der Waals surface area contributed by atoms with Gasteiger partial charge < -0.3 is 10.3 Å². The maximum absolute atomic E-state index is 11.5. The van der Waals surface area contributed by atoms with Crippen LogP contribution in [0.1, 0.15) is 10.4 Å². The third kappa shape index (κ3) is 1.95. The lowest BCUT2D eigenvalue weighted by Crippen LogP contribution is -2.17. The topological polar surface area (TPSA) is 70.7 Å². The molecule has 0 aliphatic heterocycles. The van der Waals surface area contributed by atoms with E-state index in [9.17, 15) is 4.79 Å². The quantitative estimate of drug-likeness (QED) is 0.732. The van der Waals surface area contributed by atoms with Gasteiger partial charge in [-0.25, -0.2) is 4.98 Å². The highest BCUT2D eigenvalue weighted by atomic mass is 16.1. The van der Waals surface area contributed by atoms with Crippen LogP contribution >= 0.6 is 0 Å². The van der Waals surface area contributed by atoms with Crippen molar-refractivity contribution in [3.63, 3.8) is 0 Å². The van der Waals surface area contributed by atoms with Gasteiger partial charge in [-0.1, -0.05) is 12.1 Å². The van der Waals surface area contributed by atoms with E-state index in [1.807, 2.05) is 12.1 Å². The van der Waals surface area contributed by atoms with Gasteiger partial charge in [-0.2, -0.15) is 0 Å². The molecular weight excluding hydrogens is 240 g/mol. The zero-order valence-electron chi connectivity index (χ0n) is 10.3. The van der Waals surface area contributed by atoms with Crippen molar-refractivity contribution in [2.24, 2.45) is 0 Å². The van der Waals surface area contributed by atoms with Crippen molar-refractivity contribution in [1.29, 1.82) is 0 Å². The number of benzene rings is 1. The highest BCUT2D eigenvalue weighted by Gasteiger charge is 2.08. The summed E-state index contributed by atoms with van der Waals surface area (Å²) in [4.78, 5) is 23.0. The number of rotatable bonds is 2. The standard InChI is InChI=1S/C14H12N4O/c1-15-14(19)10-4-2-9(3-5-10)11-6-16-7-12-13(11)18-8-17-12/h2-8H,1H3,(H,15,19)(H,17,18). The Labute approximate surface area is 109 Å². The second-order valence-corrected chi connectivity index (χ2v) is 4.14. The largest absolute Gasteiger partial charge is 0.355 e. The van der Waals surface area contributed by atoms with E-state index in [0.29, 0.717) is 5.56 Å². The van der Waals surface area contributed by atoms with Crippen LogP contribution in [-0.4, -0.2) is 27.9 Å². The van der Waals surface area contributed by atoms with Crippen molar-refractivity contribution in [2.75, 3.05) is 7.05 Å². The summed E-state index contributed by atoms with van der Waals surface area (Å²) in [5, 5.41) is 2.60. The van der Waals surface area contributed by atoms with Gasteiger partial charge in [0.15, 0.2) is 0 Å². The van der Waals surface area contributed by atoms with Crippen LogP contribution in [0, 0.1) is 0 Å². The van der Waals surface area contributed by atoms with Gasteiger partial charge in [0.25, 0.3) is 5.91 Å². The van der Waals surface area contributed by atoms with Gasteiger partial charge in [0.1, 0.15) is 0 Å². The molecule has 3 rings (SSSR count). The van der Waals surface area contributed by atoms with Crippen LogP contribution < -0.4 is 5.32 Å². The predicted octanol–water partition coefficient (Wildman–Crippen LogP) is 1.98. The molecule has 0 unspecified atom stereocenters. The molecule has 0 atom stereocenters. The Morgan fingerprint density at radius 1 is 1.21 bits per heavy atom. The van der Waals surface area contributed by atoms with E-state index in [2.05, 4.69) is 20.3 Å². The summed E-state index contributed by atoms with van der Waals surface area (Å²) in [5.74, 6) is -0.0948. The minimum absolute atomic E-state index is 0.0948. The van der Waals surface area contributed by atoms with Crippen LogP contribution in [0.5, 0.6) is 0 Å². The second-order valence-electron chi connectivity index (χ2n) is 4.14. The Morgan fingerprint density at radius 3 is 2.74 bits per heavy atom. The molecule has 2 heterocycles. The highest BCUT2D eigenvalue weighted by molar-refractivity contribution is 5.95. The summed E-state index contributed by atoms with van der Waals surface area (Å²) in [6.07, 6.45) is 5.16. The molecule has 1 aromatic carbocycles. The second kappa shape index (κ2) is 4.53. The molecule has 19 heavy (non-hydrogen) atoms. The first-order valence-corrected chi connectivity index (χ1v) is 5.89. The van der Waals surface area contributed by atoms with Crippen LogP contribution in [-0.2, 0) is 0 Å². The molecule has 0 saturated carbocycles. The summed E-state index contributed by atoms with van der Waals surface area (Å²) in [6, 6.07) is 7.38. The summed E-state index contributed by atoms with van der Waals surface area (Å²) in [5.41, 5.74) is 4.34. The number of aromatic nitrogens is 3. The normalized spacial score (nSPS) is 10.6. The van der Waals surface area contributed by atoms with Crippen LogP contribution in [0.25, 0.3) is 22.2 Å². The molecule has 94 valence electrons. The Bertz CT molecular complexity index is 731. The molecule has 0 spiro atoms. The van der Waals surface area contributed by atoms with Crippen molar-refractivity contribution in [3.05, 3.63) is 48.5 Å². The van der Waals surface area contributed by atoms with E-state index in [1.165, 1.54) is 0 Å². The molecule has 3 aromatic rings. The van der Waals surface area contributed by atoms with Crippen molar-refractivity contribution >= 4 is 16.9 Å². The van der Waals surface area contributed by atoms with Gasteiger partial charge >= 0.3 is 0 Å². The average Bonchev–Trinajstić information content (AvgIpc) is 2.95. The molecule has 5 nitrogen and oxygen atoms in total. The number of nitrogens with zero attached hydrogens (tertiary/aromatic N) is 2. The fourth-order valence-electron chi connectivity index (χ4n) is 2.02. The number of pyridine rings is 1. The molecule has 2 N–H and O–H groups in total. The van der Waals surface area contributed by atoms with Gasteiger partial charge in [0.05, 0.1) is 23.6 Å². The Morgan fingerprint density at radius 2 is 2.00 bits per heavy atom. The lowest BCUT2D eigenvalue weighted by atomic mass is 10.0. The number of imidazole rings is 1. The molecule has 0 aliphatic carbocycles. The van der Waals surface area contributed by atoms with E-state index >= 15 is 0 Å². The smallest absolute Gasteiger partial charge is 0.251 e. The number of amides is 1. The Kier molecular flexibility index (Phi) is 2.72. The number of aromatic amines is 1. The van der Waals surface area contributed by atoms with Gasteiger partial charge in [-0.15, -0.1) is 0 Å². The minimum Gasteiger partial charge on any atom is -0.355 e. The highest BCUT2D eigenvalue weighted by Crippen LogP contribution is 2.25. The lowest BCUT2D eigenvalue weighted by Gasteiger charge is -2.04. The number of H-pyrrole nitrogens is 1. The summed E-state index contributed by atoms with van der Waals surface area (Å²) >= 11 is 0. The maximum atomic E-state index is 11.5. The van der Waals surface area contributed by atoms with Crippen molar-refractivity contribution < 1.29 is 4.79 Å². The number of hydrogen-bond donors (Lipinski definition) is 2. The first-order valence-electron chi connectivity index (χ1n) is 5.89. The maximum Gasteiger partial charge on any atom is 0.251 e. The first kappa shape index (κ1) is 11.4. The molecule has 0 saturated heterocycles. The van der Waals surface area contributed by atoms with Crippen molar-refractivity contribution in [2.45, 2.75) is 0 Å². The molecule has 0 bridgehead atoms. The predicted molar refractivity (Wildman–Crippen MR) is 72.7 cm³/mol. The summed E-state index contributed by atoms with van der Waals surface area (Å²) < 4.78 is 0. The van der Waals surface area contributed by atoms with Crippen molar-refractivity contribution in [3.8, 4) is 11.1 Å². The van der Waals surface area contributed by atoms with Gasteiger partial charge in [0.2, 0.25) is 0 Å². The molecule has 2 aromatic heterocycles. The number of carbonyl (C=O) groups is 1. The Hall–Kier alpha value is -2.69. The molecule has 0 aliphatic rings. The number of nitrogens with one attached hydrogen (secondary N) is 2. The van der Waals surface area contributed by atoms with E-state index in [4.69, 9.17) is 0 Å². The number of fused-ring (bicyclic) bond motifs is 1. The lowest BCUT2D eigenvalue weighted by molar-refractivity contribution is 0.0963. The zero-order valence-corrected chi connectivity index (χ0v) is 10.3. The summed E-state index contributed by atoms with van der Waals surface area (Å²) in [6.45, 7) is 0. The van der Waals surface area contributed by atoms with Gasteiger partial charge in [0, 0.05) is 24.4 Å². The van der Waals surface area contributed by atoms with Crippen LogP contribution in [0.2, 0.25) is 0 Å². The fourth-order valence-corrected chi connectivity index (χ4v) is 2.02. The molecule has 0 fully saturated rings. The molecule has 0 radical (unpaired) electrons. The average molecular weight is 252 g/mol. The van der Waals surface area contributed by atoms with E-state index < -0.39 is 0 Å². The SMILES string of the molecule is CNC(=O)c1ccc(-c2cncc3[nH]cnc23)cc1. The monoisotopic (exact) mass is 252 g/mol. The minimum atomic E-state index is -0.0948. The zero-order chi connectivity index (χ0) is 13.2. The first-order chi connectivity index (χ1) is 9.29. The van der Waals surface area contributed by atoms with Crippen molar-refractivity contribution in [1.82, 2.24) is 20.3 Å². The van der Waals surface area contributed by atoms with E-state index in [0.717, 1.165) is 22.2 Å². The van der Waals surface area contributed by atoms with Gasteiger partial charge in [-0.05, 0) is 17.7 Å². The molecule has 5 heteroatoms. The molecular formula is C14H12N4O. The van der Waals surface area contributed by atoms with Crippen LogP contribution in [0.3, 0.4) is 0 Å². The Balaban J connectivity index is 2.07. The third-order valence-corrected chi connectivity index (χ3v) is 3.02. The van der Waals surface area contributed by atoms with Gasteiger partial charge in [-0.3, -0.25) is 9.78 Å². The number of carbonyl (C=O) groups excluding carboxylic acids is 1. The summed E-state index contributed by atoms with van der Waals surface area (Å²) in [7, 11) is 1.62. The third-order valence-electron chi connectivity index (χ3n) is 3.02. The van der Waals surface area contributed by atoms with E-state index in [-0.39, 0.29) is 5.91 Å². The van der Waals surface area contributed by atoms with Crippen LogP contribution in [0.15, 0.2) is 43.0 Å². The van der Waals surface area contributed by atoms with Crippen LogP contribution in [0.4, 0.5) is 0 Å². The number of hydrogen-bond acceptors (Lipinski definition) is 3.